The van der Waals surface area contributed by atoms with Gasteiger partial charge in [-0.25, -0.2) is 8.42 Å². The molecule has 2 N–H and O–H groups in total. The molecule has 1 heterocycles. The molecule has 0 aliphatic heterocycles. The molecule has 0 spiro atoms. The number of sulfonamides is 1. The maximum atomic E-state index is 12.0. The lowest BCUT2D eigenvalue weighted by Crippen LogP contribution is -2.42. The molecule has 0 radical (unpaired) electrons. The van der Waals surface area contributed by atoms with Crippen molar-refractivity contribution in [2.24, 2.45) is 0 Å². The van der Waals surface area contributed by atoms with Crippen LogP contribution in [0.5, 0.6) is 0 Å². The van der Waals surface area contributed by atoms with Gasteiger partial charge in [-0.05, 0) is 36.6 Å². The summed E-state index contributed by atoms with van der Waals surface area (Å²) >= 11 is 1.36. The van der Waals surface area contributed by atoms with E-state index in [2.05, 4.69) is 0 Å². The van der Waals surface area contributed by atoms with Gasteiger partial charge in [-0.3, -0.25) is 10.2 Å². The van der Waals surface area contributed by atoms with Crippen LogP contribution < -0.4 is 10.3 Å². The number of hydrogen-bond acceptors (Lipinski definition) is 5. The van der Waals surface area contributed by atoms with Crippen LogP contribution in [0.25, 0.3) is 6.08 Å². The van der Waals surface area contributed by atoms with E-state index < -0.39 is 15.9 Å². The lowest BCUT2D eigenvalue weighted by molar-refractivity contribution is -0.117. The highest BCUT2D eigenvalue weighted by Crippen LogP contribution is 2.13. The number of amides is 1. The Hall–Kier alpha value is -2.47. The predicted octanol–water partition coefficient (Wildman–Crippen LogP) is 1.97. The van der Waals surface area contributed by atoms with Crippen LogP contribution in [0.15, 0.2) is 52.2 Å². The van der Waals surface area contributed by atoms with Crippen molar-refractivity contribution in [2.75, 3.05) is 0 Å². The lowest BCUT2D eigenvalue weighted by Gasteiger charge is -2.08. The normalized spacial score (nSPS) is 11.7. The highest BCUT2D eigenvalue weighted by atomic mass is 32.2. The number of nitriles is 1. The Morgan fingerprint density at radius 2 is 1.96 bits per heavy atom. The van der Waals surface area contributed by atoms with E-state index in [1.54, 1.807) is 35.7 Å². The van der Waals surface area contributed by atoms with E-state index in [1.807, 2.05) is 17.2 Å². The predicted molar refractivity (Wildman–Crippen MR) is 87.6 cm³/mol. The second kappa shape index (κ2) is 7.19. The van der Waals surface area contributed by atoms with E-state index in [0.717, 1.165) is 10.4 Å². The first-order chi connectivity index (χ1) is 10.9. The molecule has 2 aromatic rings. The number of rotatable bonds is 5. The highest BCUT2D eigenvalue weighted by molar-refractivity contribution is 7.89. The van der Waals surface area contributed by atoms with Gasteiger partial charge in [0.05, 0.1) is 4.90 Å². The van der Waals surface area contributed by atoms with Gasteiger partial charge < -0.3 is 0 Å². The zero-order chi connectivity index (χ0) is 16.9. The molecular formula is C15H13N3O3S2. The molecule has 6 nitrogen and oxygen atoms in total. The second-order valence-corrected chi connectivity index (χ2v) is 7.22. The lowest BCUT2D eigenvalue weighted by atomic mass is 10.2. The van der Waals surface area contributed by atoms with Crippen LogP contribution in [0.3, 0.4) is 0 Å². The van der Waals surface area contributed by atoms with Gasteiger partial charge in [-0.1, -0.05) is 23.8 Å². The molecule has 118 valence electrons. The van der Waals surface area contributed by atoms with Crippen molar-refractivity contribution in [3.05, 3.63) is 57.8 Å². The average Bonchev–Trinajstić information content (AvgIpc) is 3.04. The smallest absolute Gasteiger partial charge is 0.273 e. The summed E-state index contributed by atoms with van der Waals surface area (Å²) in [6.07, 6.45) is 1.39. The van der Waals surface area contributed by atoms with E-state index in [4.69, 9.17) is 5.26 Å². The SMILES string of the molecule is Cc1ccc(S(=O)(=O)NNC(=O)/C(C#N)=C/c2cccs2)cc1. The number of hydrazine groups is 1. The molecule has 0 aliphatic rings. The Balaban J connectivity index is 2.08. The monoisotopic (exact) mass is 347 g/mol. The molecule has 2 rings (SSSR count). The summed E-state index contributed by atoms with van der Waals surface area (Å²) in [6, 6.07) is 11.4. The summed E-state index contributed by atoms with van der Waals surface area (Å²) in [4.78, 5) is 14.6. The van der Waals surface area contributed by atoms with Crippen LogP contribution in [0.4, 0.5) is 0 Å². The maximum Gasteiger partial charge on any atom is 0.276 e. The largest absolute Gasteiger partial charge is 0.276 e. The standard InChI is InChI=1S/C15H13N3O3S2/c1-11-4-6-14(7-5-11)23(20,21)18-17-15(19)12(10-16)9-13-3-2-8-22-13/h2-9,18H,1H3,(H,17,19)/b12-9+. The van der Waals surface area contributed by atoms with E-state index in [-0.39, 0.29) is 10.5 Å². The minimum absolute atomic E-state index is 0.0177. The Morgan fingerprint density at radius 3 is 2.52 bits per heavy atom. The molecule has 0 aliphatic carbocycles. The maximum absolute atomic E-state index is 12.0. The molecule has 0 bridgehead atoms. The number of benzene rings is 1. The van der Waals surface area contributed by atoms with Crippen molar-refractivity contribution in [3.63, 3.8) is 0 Å². The van der Waals surface area contributed by atoms with Crippen molar-refractivity contribution in [3.8, 4) is 6.07 Å². The average molecular weight is 347 g/mol. The fraction of sp³-hybridized carbons (Fsp3) is 0.0667. The van der Waals surface area contributed by atoms with Crippen LogP contribution in [0.2, 0.25) is 0 Å². The molecule has 0 unspecified atom stereocenters. The van der Waals surface area contributed by atoms with Crippen LogP contribution >= 0.6 is 11.3 Å². The third-order valence-corrected chi connectivity index (χ3v) is 4.91. The van der Waals surface area contributed by atoms with Gasteiger partial charge in [-0.15, -0.1) is 16.2 Å². The first kappa shape index (κ1) is 16.9. The number of nitrogens with zero attached hydrogens (tertiary/aromatic N) is 1. The number of hydrogen-bond donors (Lipinski definition) is 2. The molecule has 0 saturated carbocycles. The van der Waals surface area contributed by atoms with Crippen LogP contribution in [0, 0.1) is 18.3 Å². The van der Waals surface area contributed by atoms with Gasteiger partial charge in [0.15, 0.2) is 0 Å². The fourth-order valence-corrected chi connectivity index (χ4v) is 3.12. The zero-order valence-corrected chi connectivity index (χ0v) is 13.7. The quantitative estimate of drug-likeness (QED) is 0.491. The molecule has 0 saturated heterocycles. The Kier molecular flexibility index (Phi) is 5.28. The van der Waals surface area contributed by atoms with Crippen molar-refractivity contribution >= 4 is 33.3 Å². The molecule has 8 heteroatoms. The van der Waals surface area contributed by atoms with E-state index in [0.29, 0.717) is 0 Å². The molecule has 0 fully saturated rings. The summed E-state index contributed by atoms with van der Waals surface area (Å²) < 4.78 is 24.1. The summed E-state index contributed by atoms with van der Waals surface area (Å²) in [5, 5.41) is 10.8. The molecule has 23 heavy (non-hydrogen) atoms. The molecule has 1 amide bonds. The van der Waals surface area contributed by atoms with Gasteiger partial charge in [0.1, 0.15) is 11.6 Å². The van der Waals surface area contributed by atoms with Crippen LogP contribution in [0.1, 0.15) is 10.4 Å². The van der Waals surface area contributed by atoms with Gasteiger partial charge >= 0.3 is 0 Å². The van der Waals surface area contributed by atoms with Gasteiger partial charge in [-0.2, -0.15) is 5.26 Å². The van der Waals surface area contributed by atoms with Crippen LogP contribution in [-0.4, -0.2) is 14.3 Å². The van der Waals surface area contributed by atoms with Gasteiger partial charge in [0.25, 0.3) is 15.9 Å². The van der Waals surface area contributed by atoms with Crippen molar-refractivity contribution in [1.29, 1.82) is 5.26 Å². The third kappa shape index (κ3) is 4.50. The first-order valence-electron chi connectivity index (χ1n) is 6.46. The molecule has 0 atom stereocenters. The summed E-state index contributed by atoms with van der Waals surface area (Å²) in [7, 11) is -3.89. The highest BCUT2D eigenvalue weighted by Gasteiger charge is 2.16. The van der Waals surface area contributed by atoms with Crippen molar-refractivity contribution < 1.29 is 13.2 Å². The minimum atomic E-state index is -3.89. The Bertz CT molecular complexity index is 862. The second-order valence-electron chi connectivity index (χ2n) is 4.56. The topological polar surface area (TPSA) is 99.1 Å². The number of thiophene rings is 1. The summed E-state index contributed by atoms with van der Waals surface area (Å²) in [6.45, 7) is 1.83. The number of carbonyl (C=O) groups is 1. The van der Waals surface area contributed by atoms with Crippen molar-refractivity contribution in [1.82, 2.24) is 10.3 Å². The van der Waals surface area contributed by atoms with E-state index in [1.165, 1.54) is 29.5 Å². The van der Waals surface area contributed by atoms with Crippen LogP contribution in [-0.2, 0) is 14.8 Å². The molecule has 1 aromatic heterocycles. The Morgan fingerprint density at radius 1 is 1.26 bits per heavy atom. The summed E-state index contributed by atoms with van der Waals surface area (Å²) in [5.74, 6) is -0.823. The molecular weight excluding hydrogens is 334 g/mol. The zero-order valence-electron chi connectivity index (χ0n) is 12.1. The molecule has 1 aromatic carbocycles. The number of carbonyl (C=O) groups excluding carboxylic acids is 1. The summed E-state index contributed by atoms with van der Waals surface area (Å²) in [5.41, 5.74) is 2.76. The fourth-order valence-electron chi connectivity index (χ4n) is 1.62. The van der Waals surface area contributed by atoms with Gasteiger partial charge in [0, 0.05) is 4.88 Å². The minimum Gasteiger partial charge on any atom is -0.273 e. The van der Waals surface area contributed by atoms with Gasteiger partial charge in [0.2, 0.25) is 0 Å². The first-order valence-corrected chi connectivity index (χ1v) is 8.83. The number of aryl methyl sites for hydroxylation is 1. The number of nitrogens with one attached hydrogen (secondary N) is 2. The van der Waals surface area contributed by atoms with Crippen molar-refractivity contribution in [2.45, 2.75) is 11.8 Å². The van der Waals surface area contributed by atoms with E-state index >= 15 is 0 Å². The Labute approximate surface area is 138 Å². The third-order valence-electron chi connectivity index (χ3n) is 2.83. The van der Waals surface area contributed by atoms with E-state index in [9.17, 15) is 13.2 Å².